The average molecular weight is 323 g/mol. The van der Waals surface area contributed by atoms with Gasteiger partial charge in [-0.25, -0.2) is 4.39 Å². The first-order valence-corrected chi connectivity index (χ1v) is 6.46. The Morgan fingerprint density at radius 3 is 2.63 bits per heavy atom. The van der Waals surface area contributed by atoms with Gasteiger partial charge in [-0.2, -0.15) is 0 Å². The lowest BCUT2D eigenvalue weighted by Crippen LogP contribution is -2.26. The third-order valence-corrected chi connectivity index (χ3v) is 3.43. The van der Waals surface area contributed by atoms with Crippen molar-refractivity contribution in [2.75, 3.05) is 7.05 Å². The molecule has 3 nitrogen and oxygen atoms in total. The standard InChI is InChI=1S/C14H12BrFN2O/c1-18(14(19)10-4-6-17-7-5-10)9-11-2-3-12(16)8-13(11)15/h2-8H,9H2,1H3. The van der Waals surface area contributed by atoms with E-state index in [0.717, 1.165) is 5.56 Å². The van der Waals surface area contributed by atoms with Crippen LogP contribution in [0.3, 0.4) is 0 Å². The topological polar surface area (TPSA) is 33.2 Å². The SMILES string of the molecule is CN(Cc1ccc(F)cc1Br)C(=O)c1ccncc1. The Kier molecular flexibility index (Phi) is 4.27. The van der Waals surface area contributed by atoms with Crippen molar-refractivity contribution in [3.63, 3.8) is 0 Å². The van der Waals surface area contributed by atoms with Gasteiger partial charge in [-0.05, 0) is 29.8 Å². The molecule has 0 saturated carbocycles. The fourth-order valence-electron chi connectivity index (χ4n) is 1.69. The number of halogens is 2. The minimum Gasteiger partial charge on any atom is -0.337 e. The zero-order valence-electron chi connectivity index (χ0n) is 10.3. The number of nitrogens with zero attached hydrogens (tertiary/aromatic N) is 2. The summed E-state index contributed by atoms with van der Waals surface area (Å²) < 4.78 is 13.6. The van der Waals surface area contributed by atoms with Gasteiger partial charge < -0.3 is 4.90 Å². The van der Waals surface area contributed by atoms with Crippen LogP contribution in [0.1, 0.15) is 15.9 Å². The van der Waals surface area contributed by atoms with Crippen LogP contribution in [0.5, 0.6) is 0 Å². The average Bonchev–Trinajstić information content (AvgIpc) is 2.42. The largest absolute Gasteiger partial charge is 0.337 e. The molecule has 0 unspecified atom stereocenters. The third kappa shape index (κ3) is 3.38. The Labute approximate surface area is 119 Å². The molecule has 2 rings (SSSR count). The van der Waals surface area contributed by atoms with E-state index in [1.54, 1.807) is 42.5 Å². The van der Waals surface area contributed by atoms with Crippen molar-refractivity contribution < 1.29 is 9.18 Å². The Bertz CT molecular complexity index is 589. The number of hydrogen-bond acceptors (Lipinski definition) is 2. The van der Waals surface area contributed by atoms with Gasteiger partial charge in [0.2, 0.25) is 0 Å². The van der Waals surface area contributed by atoms with Gasteiger partial charge in [0, 0.05) is 36.0 Å². The van der Waals surface area contributed by atoms with Crippen LogP contribution >= 0.6 is 15.9 Å². The van der Waals surface area contributed by atoms with Crippen LogP contribution in [0.25, 0.3) is 0 Å². The van der Waals surface area contributed by atoms with Crippen LogP contribution in [0.2, 0.25) is 0 Å². The van der Waals surface area contributed by atoms with Gasteiger partial charge >= 0.3 is 0 Å². The highest BCUT2D eigenvalue weighted by Gasteiger charge is 2.13. The van der Waals surface area contributed by atoms with Crippen LogP contribution < -0.4 is 0 Å². The Balaban J connectivity index is 2.13. The normalized spacial score (nSPS) is 10.3. The number of benzene rings is 1. The highest BCUT2D eigenvalue weighted by Crippen LogP contribution is 2.20. The fourth-order valence-corrected chi connectivity index (χ4v) is 2.17. The Morgan fingerprint density at radius 1 is 1.32 bits per heavy atom. The first kappa shape index (κ1) is 13.7. The molecule has 0 aliphatic carbocycles. The summed E-state index contributed by atoms with van der Waals surface area (Å²) in [6.45, 7) is 0.405. The lowest BCUT2D eigenvalue weighted by atomic mass is 10.2. The predicted octanol–water partition coefficient (Wildman–Crippen LogP) is 3.26. The first-order chi connectivity index (χ1) is 9.08. The van der Waals surface area contributed by atoms with Crippen molar-refractivity contribution in [2.24, 2.45) is 0 Å². The minimum absolute atomic E-state index is 0.0985. The van der Waals surface area contributed by atoms with Gasteiger partial charge in [-0.3, -0.25) is 9.78 Å². The van der Waals surface area contributed by atoms with Crippen molar-refractivity contribution in [1.82, 2.24) is 9.88 Å². The maximum atomic E-state index is 13.0. The summed E-state index contributed by atoms with van der Waals surface area (Å²) in [6, 6.07) is 7.76. The van der Waals surface area contributed by atoms with Crippen molar-refractivity contribution >= 4 is 21.8 Å². The number of carbonyl (C=O) groups excluding carboxylic acids is 1. The van der Waals surface area contributed by atoms with Gasteiger partial charge in [0.15, 0.2) is 0 Å². The van der Waals surface area contributed by atoms with Crippen molar-refractivity contribution in [3.8, 4) is 0 Å². The highest BCUT2D eigenvalue weighted by atomic mass is 79.9. The van der Waals surface area contributed by atoms with E-state index >= 15 is 0 Å². The molecule has 0 aliphatic rings. The van der Waals surface area contributed by atoms with Crippen LogP contribution in [0, 0.1) is 5.82 Å². The van der Waals surface area contributed by atoms with Gasteiger partial charge in [-0.1, -0.05) is 22.0 Å². The van der Waals surface area contributed by atoms with Gasteiger partial charge in [0.1, 0.15) is 5.82 Å². The van der Waals surface area contributed by atoms with Crippen LogP contribution in [-0.2, 0) is 6.54 Å². The van der Waals surface area contributed by atoms with E-state index in [-0.39, 0.29) is 11.7 Å². The van der Waals surface area contributed by atoms with Crippen LogP contribution in [0.4, 0.5) is 4.39 Å². The van der Waals surface area contributed by atoms with E-state index in [1.165, 1.54) is 12.1 Å². The molecule has 1 amide bonds. The maximum Gasteiger partial charge on any atom is 0.254 e. The van der Waals surface area contributed by atoms with E-state index in [2.05, 4.69) is 20.9 Å². The molecule has 0 atom stereocenters. The number of carbonyl (C=O) groups is 1. The molecular formula is C14H12BrFN2O. The minimum atomic E-state index is -0.307. The second-order valence-electron chi connectivity index (χ2n) is 4.13. The van der Waals surface area contributed by atoms with E-state index in [0.29, 0.717) is 16.6 Å². The molecule has 2 aromatic rings. The number of hydrogen-bond donors (Lipinski definition) is 0. The Morgan fingerprint density at radius 2 is 2.00 bits per heavy atom. The van der Waals surface area contributed by atoms with E-state index < -0.39 is 0 Å². The lowest BCUT2D eigenvalue weighted by Gasteiger charge is -2.18. The molecular weight excluding hydrogens is 311 g/mol. The lowest BCUT2D eigenvalue weighted by molar-refractivity contribution is 0.0784. The monoisotopic (exact) mass is 322 g/mol. The van der Waals surface area contributed by atoms with E-state index in [4.69, 9.17) is 0 Å². The molecule has 5 heteroatoms. The molecule has 0 bridgehead atoms. The first-order valence-electron chi connectivity index (χ1n) is 5.67. The van der Waals surface area contributed by atoms with Gasteiger partial charge in [0.25, 0.3) is 5.91 Å². The fraction of sp³-hybridized carbons (Fsp3) is 0.143. The molecule has 0 radical (unpaired) electrons. The molecule has 0 N–H and O–H groups in total. The molecule has 0 aliphatic heterocycles. The van der Waals surface area contributed by atoms with E-state index in [9.17, 15) is 9.18 Å². The van der Waals surface area contributed by atoms with Crippen molar-refractivity contribution in [2.45, 2.75) is 6.54 Å². The number of pyridine rings is 1. The second kappa shape index (κ2) is 5.93. The molecule has 19 heavy (non-hydrogen) atoms. The highest BCUT2D eigenvalue weighted by molar-refractivity contribution is 9.10. The molecule has 1 aromatic heterocycles. The maximum absolute atomic E-state index is 13.0. The molecule has 0 saturated heterocycles. The van der Waals surface area contributed by atoms with Gasteiger partial charge in [0.05, 0.1) is 0 Å². The summed E-state index contributed by atoms with van der Waals surface area (Å²) in [6.07, 6.45) is 3.16. The molecule has 0 spiro atoms. The predicted molar refractivity (Wildman–Crippen MR) is 74.1 cm³/mol. The molecule has 1 aromatic carbocycles. The molecule has 98 valence electrons. The zero-order chi connectivity index (χ0) is 13.8. The molecule has 1 heterocycles. The summed E-state index contributed by atoms with van der Waals surface area (Å²) >= 11 is 3.29. The van der Waals surface area contributed by atoms with Crippen molar-refractivity contribution in [3.05, 3.63) is 64.1 Å². The third-order valence-electron chi connectivity index (χ3n) is 2.70. The summed E-state index contributed by atoms with van der Waals surface area (Å²) in [7, 11) is 1.71. The second-order valence-corrected chi connectivity index (χ2v) is 4.99. The molecule has 0 fully saturated rings. The summed E-state index contributed by atoms with van der Waals surface area (Å²) in [5, 5.41) is 0. The zero-order valence-corrected chi connectivity index (χ0v) is 11.9. The van der Waals surface area contributed by atoms with Gasteiger partial charge in [-0.15, -0.1) is 0 Å². The smallest absolute Gasteiger partial charge is 0.254 e. The number of aromatic nitrogens is 1. The number of amides is 1. The number of rotatable bonds is 3. The summed E-state index contributed by atoms with van der Waals surface area (Å²) in [5.41, 5.74) is 1.43. The van der Waals surface area contributed by atoms with Crippen molar-refractivity contribution in [1.29, 1.82) is 0 Å². The Hall–Kier alpha value is -1.75. The van der Waals surface area contributed by atoms with Crippen LogP contribution in [-0.4, -0.2) is 22.8 Å². The quantitative estimate of drug-likeness (QED) is 0.869. The summed E-state index contributed by atoms with van der Waals surface area (Å²) in [4.78, 5) is 17.6. The van der Waals surface area contributed by atoms with Crippen LogP contribution in [0.15, 0.2) is 47.2 Å². The summed E-state index contributed by atoms with van der Waals surface area (Å²) in [5.74, 6) is -0.405. The van der Waals surface area contributed by atoms with E-state index in [1.807, 2.05) is 0 Å².